The van der Waals surface area contributed by atoms with Crippen molar-refractivity contribution in [2.45, 2.75) is 19.8 Å². The van der Waals surface area contributed by atoms with E-state index in [0.717, 1.165) is 5.39 Å². The van der Waals surface area contributed by atoms with E-state index in [0.29, 0.717) is 17.6 Å². The van der Waals surface area contributed by atoms with E-state index in [-0.39, 0.29) is 29.6 Å². The van der Waals surface area contributed by atoms with E-state index in [2.05, 4.69) is 10.9 Å². The second-order valence-corrected chi connectivity index (χ2v) is 8.26. The van der Waals surface area contributed by atoms with Gasteiger partial charge in [-0.25, -0.2) is 8.42 Å². The molecular formula is C16H18N2O5S. The first-order chi connectivity index (χ1) is 11.4. The third kappa shape index (κ3) is 3.43. The van der Waals surface area contributed by atoms with Gasteiger partial charge in [-0.15, -0.1) is 0 Å². The molecule has 1 fully saturated rings. The van der Waals surface area contributed by atoms with Crippen LogP contribution < -0.4 is 10.9 Å². The summed E-state index contributed by atoms with van der Waals surface area (Å²) >= 11 is 0. The highest BCUT2D eigenvalue weighted by molar-refractivity contribution is 7.91. The van der Waals surface area contributed by atoms with Crippen LogP contribution in [0.2, 0.25) is 0 Å². The second kappa shape index (κ2) is 6.27. The number of carbonyl (C=O) groups is 2. The third-order valence-corrected chi connectivity index (χ3v) is 6.00. The topological polar surface area (TPSA) is 105 Å². The summed E-state index contributed by atoms with van der Waals surface area (Å²) in [6.07, 6.45) is 0.547. The average Bonchev–Trinajstić information content (AvgIpc) is 3.05. The molecule has 3 rings (SSSR count). The van der Waals surface area contributed by atoms with E-state index in [1.165, 1.54) is 0 Å². The fourth-order valence-corrected chi connectivity index (χ4v) is 4.78. The molecule has 1 aromatic carbocycles. The number of nitrogens with one attached hydrogen (secondary N) is 2. The first-order valence-electron chi connectivity index (χ1n) is 7.63. The number of furan rings is 1. The number of amides is 2. The number of sulfone groups is 1. The smallest absolute Gasteiger partial charge is 0.305 e. The van der Waals surface area contributed by atoms with Crippen molar-refractivity contribution in [3.05, 3.63) is 35.6 Å². The number of carbonyl (C=O) groups excluding carboxylic acids is 2. The zero-order valence-electron chi connectivity index (χ0n) is 13.2. The van der Waals surface area contributed by atoms with Crippen LogP contribution in [0.25, 0.3) is 11.0 Å². The Morgan fingerprint density at radius 1 is 1.25 bits per heavy atom. The SMILES string of the molecule is Cc1c(C(=O)NNC(=O)CC2CCS(=O)(=O)C2)oc2ccccc12. The predicted octanol–water partition coefficient (Wildman–Crippen LogP) is 1.33. The van der Waals surface area contributed by atoms with Crippen molar-refractivity contribution in [1.29, 1.82) is 0 Å². The van der Waals surface area contributed by atoms with Crippen molar-refractivity contribution in [3.8, 4) is 0 Å². The van der Waals surface area contributed by atoms with E-state index < -0.39 is 21.7 Å². The monoisotopic (exact) mass is 350 g/mol. The van der Waals surface area contributed by atoms with Crippen LogP contribution in [0.15, 0.2) is 28.7 Å². The summed E-state index contributed by atoms with van der Waals surface area (Å²) < 4.78 is 28.3. The van der Waals surface area contributed by atoms with Crippen LogP contribution in [0.3, 0.4) is 0 Å². The van der Waals surface area contributed by atoms with Gasteiger partial charge in [0.15, 0.2) is 15.6 Å². The Labute approximate surface area is 139 Å². The summed E-state index contributed by atoms with van der Waals surface area (Å²) in [5, 5.41) is 0.838. The van der Waals surface area contributed by atoms with Gasteiger partial charge >= 0.3 is 5.91 Å². The molecule has 1 aromatic heterocycles. The van der Waals surface area contributed by atoms with E-state index in [4.69, 9.17) is 4.42 Å². The van der Waals surface area contributed by atoms with Crippen molar-refractivity contribution in [3.63, 3.8) is 0 Å². The number of fused-ring (bicyclic) bond motifs is 1. The minimum absolute atomic E-state index is 0.0248. The van der Waals surface area contributed by atoms with Crippen molar-refractivity contribution < 1.29 is 22.4 Å². The molecule has 128 valence electrons. The number of benzene rings is 1. The van der Waals surface area contributed by atoms with E-state index >= 15 is 0 Å². The Balaban J connectivity index is 1.58. The van der Waals surface area contributed by atoms with Gasteiger partial charge in [0.2, 0.25) is 5.91 Å². The molecule has 0 saturated carbocycles. The number of rotatable bonds is 3. The van der Waals surface area contributed by atoms with Crippen molar-refractivity contribution >= 4 is 32.6 Å². The zero-order valence-corrected chi connectivity index (χ0v) is 14.0. The highest BCUT2D eigenvalue weighted by Crippen LogP contribution is 2.24. The van der Waals surface area contributed by atoms with Gasteiger partial charge in [-0.05, 0) is 25.3 Å². The minimum Gasteiger partial charge on any atom is -0.451 e. The summed E-state index contributed by atoms with van der Waals surface area (Å²) in [6.45, 7) is 1.77. The molecule has 0 spiro atoms. The molecule has 1 unspecified atom stereocenters. The summed E-state index contributed by atoms with van der Waals surface area (Å²) in [4.78, 5) is 24.0. The lowest BCUT2D eigenvalue weighted by molar-refractivity contribution is -0.122. The van der Waals surface area contributed by atoms with E-state index in [1.54, 1.807) is 13.0 Å². The Morgan fingerprint density at radius 2 is 2.00 bits per heavy atom. The quantitative estimate of drug-likeness (QED) is 0.813. The molecule has 0 bridgehead atoms. The van der Waals surface area contributed by atoms with Crippen LogP contribution in [-0.4, -0.2) is 31.7 Å². The van der Waals surface area contributed by atoms with Gasteiger partial charge in [0.05, 0.1) is 11.5 Å². The third-order valence-electron chi connectivity index (χ3n) is 4.17. The van der Waals surface area contributed by atoms with Crippen LogP contribution in [0.1, 0.15) is 29.0 Å². The molecule has 1 aliphatic heterocycles. The predicted molar refractivity (Wildman–Crippen MR) is 87.9 cm³/mol. The van der Waals surface area contributed by atoms with Crippen molar-refractivity contribution in [1.82, 2.24) is 10.9 Å². The van der Waals surface area contributed by atoms with Crippen molar-refractivity contribution in [2.75, 3.05) is 11.5 Å². The Hall–Kier alpha value is -2.35. The Kier molecular flexibility index (Phi) is 4.31. The van der Waals surface area contributed by atoms with Gasteiger partial charge in [0.25, 0.3) is 0 Å². The fourth-order valence-electron chi connectivity index (χ4n) is 2.92. The van der Waals surface area contributed by atoms with Gasteiger partial charge in [-0.2, -0.15) is 0 Å². The van der Waals surface area contributed by atoms with E-state index in [9.17, 15) is 18.0 Å². The number of para-hydroxylation sites is 1. The van der Waals surface area contributed by atoms with Crippen molar-refractivity contribution in [2.24, 2.45) is 5.92 Å². The molecule has 24 heavy (non-hydrogen) atoms. The molecule has 1 saturated heterocycles. The fraction of sp³-hybridized carbons (Fsp3) is 0.375. The maximum Gasteiger partial charge on any atom is 0.305 e. The molecule has 2 amide bonds. The molecule has 0 radical (unpaired) electrons. The summed E-state index contributed by atoms with van der Waals surface area (Å²) in [7, 11) is -3.02. The van der Waals surface area contributed by atoms with E-state index in [1.807, 2.05) is 18.2 Å². The molecule has 7 nitrogen and oxygen atoms in total. The lowest BCUT2D eigenvalue weighted by Gasteiger charge is -2.09. The van der Waals surface area contributed by atoms with Crippen LogP contribution in [-0.2, 0) is 14.6 Å². The maximum atomic E-state index is 12.2. The number of hydrogen-bond acceptors (Lipinski definition) is 5. The average molecular weight is 350 g/mol. The lowest BCUT2D eigenvalue weighted by Crippen LogP contribution is -2.42. The van der Waals surface area contributed by atoms with Gasteiger partial charge in [0, 0.05) is 17.4 Å². The van der Waals surface area contributed by atoms with Gasteiger partial charge < -0.3 is 4.42 Å². The summed E-state index contributed by atoms with van der Waals surface area (Å²) in [5.41, 5.74) is 5.92. The molecule has 2 heterocycles. The first kappa shape index (κ1) is 16.5. The van der Waals surface area contributed by atoms with Crippen LogP contribution >= 0.6 is 0 Å². The second-order valence-electron chi connectivity index (χ2n) is 6.03. The molecule has 0 aliphatic carbocycles. The Bertz CT molecular complexity index is 900. The molecule has 1 aliphatic rings. The Morgan fingerprint density at radius 3 is 2.67 bits per heavy atom. The van der Waals surface area contributed by atoms with Gasteiger partial charge in [-0.1, -0.05) is 18.2 Å². The summed E-state index contributed by atoms with van der Waals surface area (Å²) in [6, 6.07) is 7.27. The first-order valence-corrected chi connectivity index (χ1v) is 9.45. The lowest BCUT2D eigenvalue weighted by atomic mass is 10.1. The van der Waals surface area contributed by atoms with Crippen LogP contribution in [0.4, 0.5) is 0 Å². The standard InChI is InChI=1S/C16H18N2O5S/c1-10-12-4-2-3-5-13(12)23-15(10)16(20)18-17-14(19)8-11-6-7-24(21,22)9-11/h2-5,11H,6-9H2,1H3,(H,17,19)(H,18,20). The molecule has 1 atom stereocenters. The van der Waals surface area contributed by atoms with Crippen LogP contribution in [0, 0.1) is 12.8 Å². The van der Waals surface area contributed by atoms with Gasteiger partial charge in [-0.3, -0.25) is 20.4 Å². The molecule has 8 heteroatoms. The highest BCUT2D eigenvalue weighted by Gasteiger charge is 2.29. The molecule has 2 N–H and O–H groups in total. The minimum atomic E-state index is -3.02. The summed E-state index contributed by atoms with van der Waals surface area (Å²) in [5.74, 6) is -0.873. The van der Waals surface area contributed by atoms with Crippen LogP contribution in [0.5, 0.6) is 0 Å². The largest absolute Gasteiger partial charge is 0.451 e. The molecular weight excluding hydrogens is 332 g/mol. The zero-order chi connectivity index (χ0) is 17.3. The molecule has 2 aromatic rings. The highest BCUT2D eigenvalue weighted by atomic mass is 32.2. The number of aryl methyl sites for hydroxylation is 1. The van der Waals surface area contributed by atoms with Gasteiger partial charge in [0.1, 0.15) is 5.58 Å². The number of hydrazine groups is 1. The maximum absolute atomic E-state index is 12.2. The normalized spacial score (nSPS) is 19.3. The number of hydrogen-bond donors (Lipinski definition) is 2.